The molecule has 2 heterocycles. The van der Waals surface area contributed by atoms with Gasteiger partial charge in [0.15, 0.2) is 0 Å². The van der Waals surface area contributed by atoms with Crippen LogP contribution in [0.25, 0.3) is 0 Å². The second-order valence-electron chi connectivity index (χ2n) is 5.23. The lowest BCUT2D eigenvalue weighted by molar-refractivity contribution is 0.334. The average Bonchev–Trinajstić information content (AvgIpc) is 2.83. The van der Waals surface area contributed by atoms with Crippen LogP contribution in [0.2, 0.25) is 0 Å². The first-order valence-corrected chi connectivity index (χ1v) is 7.71. The Balaban J connectivity index is 1.74. The van der Waals surface area contributed by atoms with E-state index in [1.165, 1.54) is 37.8 Å². The Morgan fingerprint density at radius 2 is 2.35 bits per heavy atom. The predicted octanol–water partition coefficient (Wildman–Crippen LogP) is 3.32. The first kappa shape index (κ1) is 13.1. The Labute approximate surface area is 109 Å². The van der Waals surface area contributed by atoms with E-state index in [1.807, 2.05) is 0 Å². The van der Waals surface area contributed by atoms with Gasteiger partial charge in [0.2, 0.25) is 0 Å². The van der Waals surface area contributed by atoms with Crippen molar-refractivity contribution in [1.82, 2.24) is 10.6 Å². The van der Waals surface area contributed by atoms with Crippen LogP contribution in [0.15, 0.2) is 16.8 Å². The summed E-state index contributed by atoms with van der Waals surface area (Å²) in [6, 6.07) is 4.00. The van der Waals surface area contributed by atoms with Gasteiger partial charge in [0, 0.05) is 18.1 Å². The molecule has 96 valence electrons. The maximum Gasteiger partial charge on any atom is 0.0302 e. The minimum Gasteiger partial charge on any atom is -0.314 e. The smallest absolute Gasteiger partial charge is 0.0302 e. The molecule has 1 fully saturated rings. The number of piperidine rings is 1. The van der Waals surface area contributed by atoms with Gasteiger partial charge in [-0.05, 0) is 62.0 Å². The molecule has 0 aliphatic carbocycles. The molecule has 1 aliphatic rings. The molecule has 3 unspecified atom stereocenters. The number of nitrogens with one attached hydrogen (secondary N) is 2. The summed E-state index contributed by atoms with van der Waals surface area (Å²) in [5.41, 5.74) is 1.42. The monoisotopic (exact) mass is 252 g/mol. The zero-order chi connectivity index (χ0) is 12.1. The molecule has 0 spiro atoms. The van der Waals surface area contributed by atoms with Crippen LogP contribution in [-0.2, 0) is 0 Å². The van der Waals surface area contributed by atoms with E-state index >= 15 is 0 Å². The van der Waals surface area contributed by atoms with Crippen molar-refractivity contribution in [2.24, 2.45) is 0 Å². The molecular weight excluding hydrogens is 228 g/mol. The average molecular weight is 252 g/mol. The first-order chi connectivity index (χ1) is 8.25. The van der Waals surface area contributed by atoms with Crippen LogP contribution in [0, 0.1) is 0 Å². The van der Waals surface area contributed by atoms with E-state index in [4.69, 9.17) is 0 Å². The van der Waals surface area contributed by atoms with Crippen molar-refractivity contribution in [3.05, 3.63) is 22.4 Å². The molecule has 0 aromatic carbocycles. The Morgan fingerprint density at radius 3 is 3.00 bits per heavy atom. The summed E-state index contributed by atoms with van der Waals surface area (Å²) in [5, 5.41) is 11.7. The lowest BCUT2D eigenvalue weighted by atomic mass is 9.98. The van der Waals surface area contributed by atoms with Crippen LogP contribution in [0.5, 0.6) is 0 Å². The molecule has 1 aromatic rings. The molecule has 3 heteroatoms. The first-order valence-electron chi connectivity index (χ1n) is 6.77. The summed E-state index contributed by atoms with van der Waals surface area (Å²) in [6.45, 7) is 5.77. The number of rotatable bonds is 5. The molecule has 1 aromatic heterocycles. The minimum atomic E-state index is 0.472. The van der Waals surface area contributed by atoms with Crippen molar-refractivity contribution in [2.45, 2.75) is 57.7 Å². The molecule has 0 radical (unpaired) electrons. The summed E-state index contributed by atoms with van der Waals surface area (Å²) in [5.74, 6) is 0. The second-order valence-corrected chi connectivity index (χ2v) is 6.01. The molecule has 2 rings (SSSR count). The molecule has 1 saturated heterocycles. The van der Waals surface area contributed by atoms with Gasteiger partial charge >= 0.3 is 0 Å². The zero-order valence-corrected chi connectivity index (χ0v) is 11.7. The van der Waals surface area contributed by atoms with Crippen molar-refractivity contribution in [1.29, 1.82) is 0 Å². The third kappa shape index (κ3) is 4.09. The Hall–Kier alpha value is -0.380. The number of thiophene rings is 1. The number of hydrogen-bond donors (Lipinski definition) is 2. The largest absolute Gasteiger partial charge is 0.314 e. The third-order valence-corrected chi connectivity index (χ3v) is 4.33. The standard InChI is InChI=1S/C14H24N2S/c1-11(9-14-5-3-4-7-15-14)16-12(2)13-6-8-17-10-13/h6,8,10-12,14-16H,3-5,7,9H2,1-2H3. The van der Waals surface area contributed by atoms with Crippen LogP contribution in [0.3, 0.4) is 0 Å². The van der Waals surface area contributed by atoms with E-state index in [0.717, 1.165) is 6.04 Å². The van der Waals surface area contributed by atoms with Crippen LogP contribution < -0.4 is 10.6 Å². The Morgan fingerprint density at radius 1 is 1.47 bits per heavy atom. The van der Waals surface area contributed by atoms with Crippen LogP contribution in [0.1, 0.15) is 51.1 Å². The zero-order valence-electron chi connectivity index (χ0n) is 10.9. The van der Waals surface area contributed by atoms with Crippen molar-refractivity contribution in [3.63, 3.8) is 0 Å². The van der Waals surface area contributed by atoms with E-state index in [1.54, 1.807) is 11.3 Å². The highest BCUT2D eigenvalue weighted by atomic mass is 32.1. The van der Waals surface area contributed by atoms with Crippen LogP contribution in [-0.4, -0.2) is 18.6 Å². The van der Waals surface area contributed by atoms with Gasteiger partial charge in [-0.1, -0.05) is 6.42 Å². The Bertz CT molecular complexity index is 304. The van der Waals surface area contributed by atoms with Crippen molar-refractivity contribution in [3.8, 4) is 0 Å². The van der Waals surface area contributed by atoms with Gasteiger partial charge in [0.25, 0.3) is 0 Å². The SMILES string of the molecule is CC(CC1CCCCN1)NC(C)c1ccsc1. The van der Waals surface area contributed by atoms with Crippen molar-refractivity contribution in [2.75, 3.05) is 6.54 Å². The molecule has 2 nitrogen and oxygen atoms in total. The van der Waals surface area contributed by atoms with Crippen LogP contribution in [0.4, 0.5) is 0 Å². The normalized spacial score (nSPS) is 24.5. The second kappa shape index (κ2) is 6.53. The van der Waals surface area contributed by atoms with Crippen LogP contribution >= 0.6 is 11.3 Å². The topological polar surface area (TPSA) is 24.1 Å². The molecule has 0 bridgehead atoms. The third-order valence-electron chi connectivity index (χ3n) is 3.63. The molecular formula is C14H24N2S. The predicted molar refractivity (Wildman–Crippen MR) is 75.6 cm³/mol. The summed E-state index contributed by atoms with van der Waals surface area (Å²) in [7, 11) is 0. The van der Waals surface area contributed by atoms with Crippen molar-refractivity contribution >= 4 is 11.3 Å². The molecule has 0 amide bonds. The Kier molecular flexibility index (Phi) is 5.01. The summed E-state index contributed by atoms with van der Waals surface area (Å²) in [6.07, 6.45) is 5.33. The van der Waals surface area contributed by atoms with E-state index < -0.39 is 0 Å². The van der Waals surface area contributed by atoms with Gasteiger partial charge in [-0.3, -0.25) is 0 Å². The maximum absolute atomic E-state index is 3.70. The highest BCUT2D eigenvalue weighted by Gasteiger charge is 2.17. The summed E-state index contributed by atoms with van der Waals surface area (Å²) in [4.78, 5) is 0. The fourth-order valence-electron chi connectivity index (χ4n) is 2.66. The molecule has 3 atom stereocenters. The fourth-order valence-corrected chi connectivity index (χ4v) is 3.42. The quantitative estimate of drug-likeness (QED) is 0.840. The lowest BCUT2D eigenvalue weighted by Gasteiger charge is -2.28. The minimum absolute atomic E-state index is 0.472. The summed E-state index contributed by atoms with van der Waals surface area (Å²) < 4.78 is 0. The molecule has 2 N–H and O–H groups in total. The van der Waals surface area contributed by atoms with Gasteiger partial charge in [-0.2, -0.15) is 11.3 Å². The molecule has 1 aliphatic heterocycles. The van der Waals surface area contributed by atoms with Crippen molar-refractivity contribution < 1.29 is 0 Å². The van der Waals surface area contributed by atoms with E-state index in [-0.39, 0.29) is 0 Å². The highest BCUT2D eigenvalue weighted by molar-refractivity contribution is 7.07. The molecule has 0 saturated carbocycles. The number of hydrogen-bond acceptors (Lipinski definition) is 3. The van der Waals surface area contributed by atoms with E-state index in [9.17, 15) is 0 Å². The molecule has 17 heavy (non-hydrogen) atoms. The highest BCUT2D eigenvalue weighted by Crippen LogP contribution is 2.18. The van der Waals surface area contributed by atoms with E-state index in [0.29, 0.717) is 12.1 Å². The maximum atomic E-state index is 3.70. The van der Waals surface area contributed by atoms with Gasteiger partial charge in [-0.25, -0.2) is 0 Å². The van der Waals surface area contributed by atoms with Gasteiger partial charge in [-0.15, -0.1) is 0 Å². The lowest BCUT2D eigenvalue weighted by Crippen LogP contribution is -2.40. The van der Waals surface area contributed by atoms with Gasteiger partial charge < -0.3 is 10.6 Å². The summed E-state index contributed by atoms with van der Waals surface area (Å²) >= 11 is 1.78. The van der Waals surface area contributed by atoms with E-state index in [2.05, 4.69) is 41.3 Å². The van der Waals surface area contributed by atoms with Gasteiger partial charge in [0.05, 0.1) is 0 Å². The fraction of sp³-hybridized carbons (Fsp3) is 0.714. The van der Waals surface area contributed by atoms with Gasteiger partial charge in [0.1, 0.15) is 0 Å².